The van der Waals surface area contributed by atoms with Gasteiger partial charge in [0, 0.05) is 17.3 Å². The molecule has 2 N–H and O–H groups in total. The molecule has 3 nitrogen and oxygen atoms in total. The average Bonchev–Trinajstić information content (AvgIpc) is 2.17. The molecule has 0 heterocycles. The summed E-state index contributed by atoms with van der Waals surface area (Å²) < 4.78 is 22.4. The predicted octanol–water partition coefficient (Wildman–Crippen LogP) is 1.47. The molecule has 0 radical (unpaired) electrons. The second-order valence-corrected chi connectivity index (χ2v) is 5.10. The highest BCUT2D eigenvalue weighted by molar-refractivity contribution is 9.09. The first-order valence-electron chi connectivity index (χ1n) is 4.22. The third-order valence-corrected chi connectivity index (χ3v) is 3.00. The van der Waals surface area contributed by atoms with Crippen molar-refractivity contribution in [3.05, 3.63) is 29.8 Å². The molecule has 0 saturated heterocycles. The second-order valence-electron chi connectivity index (χ2n) is 2.78. The van der Waals surface area contributed by atoms with Crippen LogP contribution in [0.1, 0.15) is 12.0 Å². The molecule has 0 saturated carbocycles. The van der Waals surface area contributed by atoms with E-state index in [2.05, 4.69) is 27.8 Å². The van der Waals surface area contributed by atoms with Crippen LogP contribution in [-0.4, -0.2) is 13.7 Å². The van der Waals surface area contributed by atoms with Crippen LogP contribution in [0.5, 0.6) is 0 Å². The fraction of sp³-hybridized carbons (Fsp3) is 0.200. The molecule has 0 fully saturated rings. The highest BCUT2D eigenvalue weighted by Gasteiger charge is 2.10. The second kappa shape index (κ2) is 5.31. The fourth-order valence-electron chi connectivity index (χ4n) is 1.02. The van der Waals surface area contributed by atoms with Crippen molar-refractivity contribution in [3.63, 3.8) is 0 Å². The van der Waals surface area contributed by atoms with Crippen molar-refractivity contribution in [2.45, 2.75) is 11.3 Å². The maximum absolute atomic E-state index is 11.2. The Morgan fingerprint density at radius 1 is 1.33 bits per heavy atom. The maximum atomic E-state index is 11.2. The average molecular weight is 288 g/mol. The van der Waals surface area contributed by atoms with Gasteiger partial charge in [-0.25, -0.2) is 13.6 Å². The molecule has 0 aliphatic carbocycles. The van der Waals surface area contributed by atoms with Gasteiger partial charge in [0.25, 0.3) is 0 Å². The zero-order chi connectivity index (χ0) is 11.3. The molecule has 15 heavy (non-hydrogen) atoms. The number of primary sulfonamides is 1. The lowest BCUT2D eigenvalue weighted by Crippen LogP contribution is -2.13. The van der Waals surface area contributed by atoms with E-state index in [0.29, 0.717) is 12.0 Å². The van der Waals surface area contributed by atoms with Gasteiger partial charge in [-0.3, -0.25) is 0 Å². The Bertz CT molecular complexity index is 500. The van der Waals surface area contributed by atoms with E-state index in [0.717, 1.165) is 5.33 Å². The van der Waals surface area contributed by atoms with Crippen molar-refractivity contribution in [1.29, 1.82) is 0 Å². The van der Waals surface area contributed by atoms with Crippen LogP contribution >= 0.6 is 15.9 Å². The summed E-state index contributed by atoms with van der Waals surface area (Å²) in [4.78, 5) is 0.0760. The van der Waals surface area contributed by atoms with Gasteiger partial charge in [0.05, 0.1) is 4.90 Å². The lowest BCUT2D eigenvalue weighted by atomic mass is 10.2. The molecule has 0 atom stereocenters. The molecule has 5 heteroatoms. The van der Waals surface area contributed by atoms with E-state index in [1.165, 1.54) is 6.07 Å². The first-order valence-corrected chi connectivity index (χ1v) is 6.89. The molecule has 0 aliphatic rings. The molecule has 0 amide bonds. The van der Waals surface area contributed by atoms with E-state index < -0.39 is 10.0 Å². The van der Waals surface area contributed by atoms with Crippen molar-refractivity contribution in [2.24, 2.45) is 5.14 Å². The number of benzene rings is 1. The van der Waals surface area contributed by atoms with Gasteiger partial charge >= 0.3 is 0 Å². The lowest BCUT2D eigenvalue weighted by molar-refractivity contribution is 0.597. The Kier molecular flexibility index (Phi) is 4.33. The Morgan fingerprint density at radius 3 is 2.60 bits per heavy atom. The van der Waals surface area contributed by atoms with Crippen molar-refractivity contribution in [1.82, 2.24) is 0 Å². The van der Waals surface area contributed by atoms with Crippen molar-refractivity contribution >= 4 is 26.0 Å². The largest absolute Gasteiger partial charge is 0.239 e. The number of alkyl halides is 1. The summed E-state index contributed by atoms with van der Waals surface area (Å²) in [5.41, 5.74) is 0.445. The van der Waals surface area contributed by atoms with Gasteiger partial charge < -0.3 is 0 Å². The molecule has 0 bridgehead atoms. The Balaban J connectivity index is 3.15. The predicted molar refractivity (Wildman–Crippen MR) is 63.1 cm³/mol. The lowest BCUT2D eigenvalue weighted by Gasteiger charge is -2.00. The van der Waals surface area contributed by atoms with Crippen LogP contribution in [0, 0.1) is 11.8 Å². The summed E-state index contributed by atoms with van der Waals surface area (Å²) in [5.74, 6) is 5.63. The van der Waals surface area contributed by atoms with Crippen LogP contribution in [-0.2, 0) is 10.0 Å². The van der Waals surface area contributed by atoms with Gasteiger partial charge in [-0.15, -0.1) is 0 Å². The van der Waals surface area contributed by atoms with Crippen LogP contribution in [0.4, 0.5) is 0 Å². The normalized spacial score (nSPS) is 10.5. The van der Waals surface area contributed by atoms with Crippen LogP contribution < -0.4 is 5.14 Å². The molecule has 80 valence electrons. The van der Waals surface area contributed by atoms with Crippen LogP contribution in [0.2, 0.25) is 0 Å². The van der Waals surface area contributed by atoms with Gasteiger partial charge in [-0.1, -0.05) is 39.9 Å². The first kappa shape index (κ1) is 12.2. The minimum atomic E-state index is -3.68. The topological polar surface area (TPSA) is 60.2 Å². The summed E-state index contributed by atoms with van der Waals surface area (Å²) in [6.45, 7) is 0. The fourth-order valence-corrected chi connectivity index (χ4v) is 1.92. The molecule has 1 aromatic rings. The monoisotopic (exact) mass is 287 g/mol. The van der Waals surface area contributed by atoms with Crippen molar-refractivity contribution in [3.8, 4) is 11.8 Å². The third-order valence-electron chi connectivity index (χ3n) is 1.64. The number of rotatable bonds is 2. The molecule has 0 aromatic heterocycles. The summed E-state index contributed by atoms with van der Waals surface area (Å²) >= 11 is 3.24. The molecular weight excluding hydrogens is 278 g/mol. The summed E-state index contributed by atoms with van der Waals surface area (Å²) in [5, 5.41) is 5.82. The zero-order valence-corrected chi connectivity index (χ0v) is 10.3. The van der Waals surface area contributed by atoms with Crippen molar-refractivity contribution in [2.75, 3.05) is 5.33 Å². The van der Waals surface area contributed by atoms with E-state index in [-0.39, 0.29) is 4.90 Å². The summed E-state index contributed by atoms with van der Waals surface area (Å²) in [7, 11) is -3.68. The smallest absolute Gasteiger partial charge is 0.225 e. The van der Waals surface area contributed by atoms with Gasteiger partial charge in [-0.05, 0) is 12.1 Å². The number of nitrogens with two attached hydrogens (primary N) is 1. The standard InChI is InChI=1S/C10H10BrNO2S/c11-8-4-3-6-9-5-1-2-7-10(9)15(12,13)14/h1-2,5,7H,4,8H2,(H2,12,13,14). The summed E-state index contributed by atoms with van der Waals surface area (Å²) in [6.07, 6.45) is 0.666. The van der Waals surface area contributed by atoms with Gasteiger partial charge in [0.15, 0.2) is 0 Å². The third kappa shape index (κ3) is 3.67. The van der Waals surface area contributed by atoms with E-state index in [1.54, 1.807) is 18.2 Å². The molecule has 0 spiro atoms. The van der Waals surface area contributed by atoms with Crippen LogP contribution in [0.25, 0.3) is 0 Å². The maximum Gasteiger partial charge on any atom is 0.239 e. The first-order chi connectivity index (χ1) is 7.05. The molecule has 0 unspecified atom stereocenters. The van der Waals surface area contributed by atoms with Crippen LogP contribution in [0.15, 0.2) is 29.2 Å². The SMILES string of the molecule is NS(=O)(=O)c1ccccc1C#CCCBr. The Labute approximate surface area is 97.9 Å². The quantitative estimate of drug-likeness (QED) is 0.661. The Hall–Kier alpha value is -0.830. The summed E-state index contributed by atoms with van der Waals surface area (Å²) in [6, 6.07) is 6.44. The van der Waals surface area contributed by atoms with Gasteiger partial charge in [-0.2, -0.15) is 0 Å². The van der Waals surface area contributed by atoms with Crippen molar-refractivity contribution < 1.29 is 8.42 Å². The minimum absolute atomic E-state index is 0.0760. The number of hydrogen-bond acceptors (Lipinski definition) is 2. The van der Waals surface area contributed by atoms with Crippen LogP contribution in [0.3, 0.4) is 0 Å². The molecular formula is C10H10BrNO2S. The van der Waals surface area contributed by atoms with E-state index in [4.69, 9.17) is 5.14 Å². The van der Waals surface area contributed by atoms with E-state index >= 15 is 0 Å². The molecule has 1 rings (SSSR count). The number of hydrogen-bond donors (Lipinski definition) is 1. The van der Waals surface area contributed by atoms with Gasteiger partial charge in [0.2, 0.25) is 10.0 Å². The molecule has 1 aromatic carbocycles. The number of sulfonamides is 1. The van der Waals surface area contributed by atoms with E-state index in [1.807, 2.05) is 0 Å². The Morgan fingerprint density at radius 2 is 2.00 bits per heavy atom. The minimum Gasteiger partial charge on any atom is -0.225 e. The highest BCUT2D eigenvalue weighted by Crippen LogP contribution is 2.12. The highest BCUT2D eigenvalue weighted by atomic mass is 79.9. The zero-order valence-electron chi connectivity index (χ0n) is 7.90. The van der Waals surface area contributed by atoms with Gasteiger partial charge in [0.1, 0.15) is 0 Å². The number of halogens is 1. The van der Waals surface area contributed by atoms with E-state index in [9.17, 15) is 8.42 Å². The molecule has 0 aliphatic heterocycles.